The minimum Gasteiger partial charge on any atom is -0.507 e. The summed E-state index contributed by atoms with van der Waals surface area (Å²) < 4.78 is 17.0. The first-order valence-electron chi connectivity index (χ1n) is 11.7. The number of halogens is 1. The predicted molar refractivity (Wildman–Crippen MR) is 131 cm³/mol. The number of benzene rings is 1. The lowest BCUT2D eigenvalue weighted by molar-refractivity contribution is -0.0359. The van der Waals surface area contributed by atoms with Crippen molar-refractivity contribution in [2.24, 2.45) is 7.05 Å². The van der Waals surface area contributed by atoms with Gasteiger partial charge in [0.05, 0.1) is 17.3 Å². The number of alkyl halides is 1. The number of nitrogens with zero attached hydrogens (tertiary/aromatic N) is 7. The van der Waals surface area contributed by atoms with E-state index in [1.165, 1.54) is 17.0 Å². The van der Waals surface area contributed by atoms with E-state index in [0.29, 0.717) is 29.1 Å². The van der Waals surface area contributed by atoms with Crippen LogP contribution in [0.1, 0.15) is 33.1 Å². The van der Waals surface area contributed by atoms with Gasteiger partial charge in [-0.25, -0.2) is 14.2 Å². The monoisotopic (exact) mass is 479 g/mol. The second-order valence-electron chi connectivity index (χ2n) is 10.3. The minimum absolute atomic E-state index is 0.0289. The third-order valence-corrected chi connectivity index (χ3v) is 8.22. The summed E-state index contributed by atoms with van der Waals surface area (Å²) in [7, 11) is 5.47. The molecule has 2 aromatic heterocycles. The van der Waals surface area contributed by atoms with Gasteiger partial charge in [0.1, 0.15) is 18.2 Å². The van der Waals surface area contributed by atoms with Gasteiger partial charge in [0.15, 0.2) is 11.6 Å². The molecule has 0 aliphatic carbocycles. The summed E-state index contributed by atoms with van der Waals surface area (Å²) in [5, 5.41) is 19.3. The summed E-state index contributed by atoms with van der Waals surface area (Å²) >= 11 is 0. The third-order valence-electron chi connectivity index (χ3n) is 8.22. The zero-order valence-corrected chi connectivity index (χ0v) is 20.6. The largest absolute Gasteiger partial charge is 0.507 e. The Balaban J connectivity index is 1.38. The second kappa shape index (κ2) is 8.08. The van der Waals surface area contributed by atoms with Crippen LogP contribution in [0.3, 0.4) is 0 Å². The van der Waals surface area contributed by atoms with Gasteiger partial charge in [0, 0.05) is 30.8 Å². The van der Waals surface area contributed by atoms with E-state index < -0.39 is 17.4 Å². The molecule has 184 valence electrons. The molecule has 35 heavy (non-hydrogen) atoms. The standard InChI is InChI=1S/C25H30FN7O2/c1-24-10-11-25(2,33(24)5)21(26)18(13-24)32(4)20-9-8-17(29-30-20)16-7-6-15(12-19(16)34)22-27-14-31(3)23(35)28-22/h6-9,12,14,18,21,34H,10-11,13H2,1-5H3/t18-,21-,24-,25+/m1/s1. The summed E-state index contributed by atoms with van der Waals surface area (Å²) in [4.78, 5) is 24.0. The number of phenols is 1. The molecule has 0 spiro atoms. The summed E-state index contributed by atoms with van der Waals surface area (Å²) in [6, 6.07) is 8.17. The first kappa shape index (κ1) is 23.3. The summed E-state index contributed by atoms with van der Waals surface area (Å²) in [5.74, 6) is 0.786. The van der Waals surface area contributed by atoms with Gasteiger partial charge >= 0.3 is 5.69 Å². The van der Waals surface area contributed by atoms with Gasteiger partial charge in [-0.1, -0.05) is 6.07 Å². The van der Waals surface area contributed by atoms with E-state index in [2.05, 4.69) is 32.0 Å². The van der Waals surface area contributed by atoms with Crippen molar-refractivity contribution in [1.29, 1.82) is 0 Å². The molecule has 3 aromatic rings. The number of rotatable bonds is 4. The van der Waals surface area contributed by atoms with Crippen molar-refractivity contribution in [1.82, 2.24) is 29.6 Å². The number of hydrogen-bond donors (Lipinski definition) is 1. The van der Waals surface area contributed by atoms with Crippen LogP contribution in [0, 0.1) is 0 Å². The Morgan fingerprint density at radius 1 is 1.14 bits per heavy atom. The molecule has 0 unspecified atom stereocenters. The van der Waals surface area contributed by atoms with Gasteiger partial charge in [-0.15, -0.1) is 10.2 Å². The molecule has 1 aromatic carbocycles. The molecular formula is C25H30FN7O2. The fraction of sp³-hybridized carbons (Fsp3) is 0.480. The van der Waals surface area contributed by atoms with Crippen molar-refractivity contribution in [3.63, 3.8) is 0 Å². The van der Waals surface area contributed by atoms with Crippen LogP contribution in [0.4, 0.5) is 10.2 Å². The molecule has 4 atom stereocenters. The molecule has 2 saturated heterocycles. The summed E-state index contributed by atoms with van der Waals surface area (Å²) in [5.41, 5.74) is 0.528. The highest BCUT2D eigenvalue weighted by molar-refractivity contribution is 5.72. The number of aryl methyl sites for hydroxylation is 1. The zero-order chi connectivity index (χ0) is 25.1. The highest BCUT2D eigenvalue weighted by atomic mass is 19.1. The van der Waals surface area contributed by atoms with Crippen molar-refractivity contribution < 1.29 is 9.50 Å². The average molecular weight is 480 g/mol. The van der Waals surface area contributed by atoms with E-state index in [4.69, 9.17) is 0 Å². The normalized spacial score (nSPS) is 28.3. The molecule has 2 fully saturated rings. The molecule has 5 rings (SSSR count). The first-order valence-corrected chi connectivity index (χ1v) is 11.7. The zero-order valence-electron chi connectivity index (χ0n) is 20.6. The molecule has 0 saturated carbocycles. The van der Waals surface area contributed by atoms with E-state index in [9.17, 15) is 9.90 Å². The number of phenolic OH excluding ortho intramolecular Hbond substituents is 1. The van der Waals surface area contributed by atoms with E-state index in [0.717, 1.165) is 12.8 Å². The van der Waals surface area contributed by atoms with Gasteiger partial charge in [0.2, 0.25) is 0 Å². The van der Waals surface area contributed by atoms with Crippen LogP contribution in [-0.4, -0.2) is 72.1 Å². The number of aromatic hydroxyl groups is 1. The Bertz CT molecular complexity index is 1330. The minimum atomic E-state index is -1.01. The lowest BCUT2D eigenvalue weighted by atomic mass is 9.80. The highest BCUT2D eigenvalue weighted by Gasteiger charge is 2.60. The van der Waals surface area contributed by atoms with Gasteiger partial charge < -0.3 is 10.0 Å². The molecule has 2 aliphatic heterocycles. The predicted octanol–water partition coefficient (Wildman–Crippen LogP) is 2.79. The molecule has 10 heteroatoms. The highest BCUT2D eigenvalue weighted by Crippen LogP contribution is 2.51. The molecule has 9 nitrogen and oxygen atoms in total. The molecule has 0 amide bonds. The average Bonchev–Trinajstić information content (AvgIpc) is 3.01. The number of hydrogen-bond acceptors (Lipinski definition) is 8. The van der Waals surface area contributed by atoms with Crippen molar-refractivity contribution >= 4 is 5.82 Å². The van der Waals surface area contributed by atoms with E-state index in [1.54, 1.807) is 31.3 Å². The maximum absolute atomic E-state index is 15.7. The van der Waals surface area contributed by atoms with Crippen molar-refractivity contribution in [2.45, 2.75) is 56.4 Å². The fourth-order valence-corrected chi connectivity index (χ4v) is 5.58. The van der Waals surface area contributed by atoms with E-state index in [1.807, 2.05) is 25.9 Å². The topological polar surface area (TPSA) is 100 Å². The van der Waals surface area contributed by atoms with Crippen LogP contribution in [0.2, 0.25) is 0 Å². The van der Waals surface area contributed by atoms with Crippen LogP contribution in [-0.2, 0) is 7.05 Å². The summed E-state index contributed by atoms with van der Waals surface area (Å²) in [6.45, 7) is 4.23. The second-order valence-corrected chi connectivity index (χ2v) is 10.3. The van der Waals surface area contributed by atoms with Crippen LogP contribution in [0.15, 0.2) is 41.5 Å². The lowest BCUT2D eigenvalue weighted by Gasteiger charge is -2.53. The Kier molecular flexibility index (Phi) is 5.39. The Labute approximate surface area is 203 Å². The van der Waals surface area contributed by atoms with Crippen molar-refractivity contribution in [2.75, 3.05) is 19.0 Å². The number of anilines is 1. The maximum atomic E-state index is 15.7. The van der Waals surface area contributed by atoms with Crippen LogP contribution < -0.4 is 10.6 Å². The molecule has 0 radical (unpaired) electrons. The van der Waals surface area contributed by atoms with Crippen LogP contribution in [0.5, 0.6) is 5.75 Å². The maximum Gasteiger partial charge on any atom is 0.350 e. The van der Waals surface area contributed by atoms with Gasteiger partial charge in [-0.2, -0.15) is 4.98 Å². The fourth-order valence-electron chi connectivity index (χ4n) is 5.58. The Morgan fingerprint density at radius 2 is 1.91 bits per heavy atom. The number of piperidine rings is 1. The first-order chi connectivity index (χ1) is 16.5. The quantitative estimate of drug-likeness (QED) is 0.610. The van der Waals surface area contributed by atoms with Crippen molar-refractivity contribution in [3.05, 3.63) is 47.1 Å². The van der Waals surface area contributed by atoms with Gasteiger partial charge in [-0.05, 0) is 64.4 Å². The molecular weight excluding hydrogens is 449 g/mol. The van der Waals surface area contributed by atoms with Gasteiger partial charge in [-0.3, -0.25) is 9.47 Å². The Hall–Kier alpha value is -3.40. The molecule has 2 aliphatic rings. The van der Waals surface area contributed by atoms with Crippen LogP contribution >= 0.6 is 0 Å². The number of aromatic nitrogens is 5. The number of fused-ring (bicyclic) bond motifs is 2. The third kappa shape index (κ3) is 3.67. The van der Waals surface area contributed by atoms with Gasteiger partial charge in [0.25, 0.3) is 0 Å². The SMILES string of the molecule is CN(c1ccc(-c2ccc(-c3ncn(C)c(=O)n3)cc2O)nn1)[C@@H]1C[C@@]2(C)CC[C@@](C)([C@@H]1F)N2C. The van der Waals surface area contributed by atoms with E-state index >= 15 is 4.39 Å². The van der Waals surface area contributed by atoms with Crippen molar-refractivity contribution in [3.8, 4) is 28.4 Å². The molecule has 2 bridgehead atoms. The van der Waals surface area contributed by atoms with Crippen LogP contribution in [0.25, 0.3) is 22.6 Å². The Morgan fingerprint density at radius 3 is 2.57 bits per heavy atom. The van der Waals surface area contributed by atoms with E-state index in [-0.39, 0.29) is 23.2 Å². The molecule has 1 N–H and O–H groups in total. The smallest absolute Gasteiger partial charge is 0.350 e. The molecule has 4 heterocycles. The lowest BCUT2D eigenvalue weighted by Crippen LogP contribution is -2.66. The summed E-state index contributed by atoms with van der Waals surface area (Å²) in [6.07, 6.45) is 2.91.